The van der Waals surface area contributed by atoms with E-state index in [0.29, 0.717) is 0 Å². The Labute approximate surface area is 343 Å². The zero-order chi connectivity index (χ0) is 37.2. The normalized spacial score (nSPS) is 11.2. The van der Waals surface area contributed by atoms with Crippen molar-refractivity contribution in [3.05, 3.63) is 223 Å². The summed E-state index contributed by atoms with van der Waals surface area (Å²) in [4.78, 5) is 5.04. The number of pyridine rings is 1. The number of fused-ring (bicyclic) bond motifs is 1. The molecule has 1 nitrogen and oxygen atoms in total. The summed E-state index contributed by atoms with van der Waals surface area (Å²) in [5.41, 5.74) is 17.3. The Morgan fingerprint density at radius 3 is 1.41 bits per heavy atom. The average Bonchev–Trinajstić information content (AvgIpc) is 3.27. The van der Waals surface area contributed by atoms with Crippen molar-refractivity contribution >= 4 is 10.9 Å². The summed E-state index contributed by atoms with van der Waals surface area (Å²) in [6.45, 7) is 4.59. The fourth-order valence-electron chi connectivity index (χ4n) is 7.62. The maximum atomic E-state index is 5.04. The summed E-state index contributed by atoms with van der Waals surface area (Å²) in [5, 5.41) is 1.13. The van der Waals surface area contributed by atoms with Crippen LogP contribution in [0.25, 0.3) is 77.8 Å². The largest absolute Gasteiger partial charge is 0.296 e. The number of aromatic nitrogens is 1. The minimum absolute atomic E-state index is 0. The summed E-state index contributed by atoms with van der Waals surface area (Å²) in [6.07, 6.45) is 0. The minimum Gasteiger partial charge on any atom is -0.296 e. The molecule has 1 heterocycles. The van der Waals surface area contributed by atoms with Crippen molar-refractivity contribution in [2.75, 3.05) is 0 Å². The first-order valence-electron chi connectivity index (χ1n) is 18.9. The van der Waals surface area contributed by atoms with E-state index in [0.717, 1.165) is 33.3 Å². The Balaban J connectivity index is 0.00000441. The summed E-state index contributed by atoms with van der Waals surface area (Å²) >= 11 is 0. The van der Waals surface area contributed by atoms with Crippen LogP contribution in [0.2, 0.25) is 0 Å². The van der Waals surface area contributed by atoms with E-state index >= 15 is 0 Å². The van der Waals surface area contributed by atoms with Crippen molar-refractivity contribution in [3.63, 3.8) is 0 Å². The Morgan fingerprint density at radius 2 is 0.821 bits per heavy atom. The fraction of sp³-hybridized carbons (Fsp3) is 0.0556. The summed E-state index contributed by atoms with van der Waals surface area (Å²) in [5.74, 6) is 0. The van der Waals surface area contributed by atoms with Crippen molar-refractivity contribution in [2.45, 2.75) is 19.3 Å². The van der Waals surface area contributed by atoms with Crippen LogP contribution in [0.5, 0.6) is 0 Å². The second-order valence-corrected chi connectivity index (χ2v) is 14.8. The standard InChI is InChI=1S/C54H40N.Ir/c1-54(2,50-23-7-4-8-24-50)51-29-25-39(26-30-51)40-15-9-16-41(33-40)42-17-10-18-43(34-42)44-19-11-20-45(35-44)46-21-12-22-48(36-46)52-32-28-49-37-47(27-31-53(49)55-52)38-13-5-3-6-14-38;/h3-21,23-37H,1-2H3;/q-1;. The van der Waals surface area contributed by atoms with Crippen LogP contribution in [0, 0.1) is 6.07 Å². The SMILES string of the molecule is CC(C)(c1ccccc1)c1ccc(-c2cccc(-c3cccc(-c4cccc(-c5cc[c-]c(-c6ccc7cc(-c8ccccc8)ccc7n6)c5)c4)c3)c2)cc1.[Ir]. The third-order valence-corrected chi connectivity index (χ3v) is 10.9. The van der Waals surface area contributed by atoms with Gasteiger partial charge in [-0.15, -0.1) is 35.4 Å². The number of benzene rings is 8. The molecule has 0 fully saturated rings. The first-order valence-corrected chi connectivity index (χ1v) is 18.9. The van der Waals surface area contributed by atoms with Crippen LogP contribution in [0.1, 0.15) is 25.0 Å². The van der Waals surface area contributed by atoms with Gasteiger partial charge in [-0.1, -0.05) is 172 Å². The van der Waals surface area contributed by atoms with Crippen LogP contribution in [0.4, 0.5) is 0 Å². The van der Waals surface area contributed by atoms with Gasteiger partial charge in [0.15, 0.2) is 0 Å². The molecule has 9 rings (SSSR count). The second kappa shape index (κ2) is 15.9. The van der Waals surface area contributed by atoms with E-state index in [1.54, 1.807) is 0 Å². The van der Waals surface area contributed by atoms with E-state index in [1.165, 1.54) is 55.6 Å². The van der Waals surface area contributed by atoms with Crippen molar-refractivity contribution in [1.82, 2.24) is 4.98 Å². The number of hydrogen-bond acceptors (Lipinski definition) is 1. The van der Waals surface area contributed by atoms with E-state index in [2.05, 4.69) is 214 Å². The molecule has 0 bridgehead atoms. The van der Waals surface area contributed by atoms with Crippen molar-refractivity contribution in [3.8, 4) is 66.9 Å². The molecule has 271 valence electrons. The van der Waals surface area contributed by atoms with Gasteiger partial charge in [0, 0.05) is 25.5 Å². The van der Waals surface area contributed by atoms with Crippen LogP contribution in [-0.2, 0) is 25.5 Å². The molecular weight excluding hydrogens is 855 g/mol. The zero-order valence-electron chi connectivity index (χ0n) is 31.4. The molecule has 8 aromatic carbocycles. The molecule has 0 atom stereocenters. The monoisotopic (exact) mass is 895 g/mol. The molecule has 0 saturated heterocycles. The third kappa shape index (κ3) is 7.55. The van der Waals surface area contributed by atoms with Gasteiger partial charge in [0.05, 0.1) is 5.52 Å². The van der Waals surface area contributed by atoms with Crippen molar-refractivity contribution in [1.29, 1.82) is 0 Å². The van der Waals surface area contributed by atoms with Gasteiger partial charge < -0.3 is 0 Å². The predicted molar refractivity (Wildman–Crippen MR) is 232 cm³/mol. The van der Waals surface area contributed by atoms with Gasteiger partial charge in [0.2, 0.25) is 0 Å². The number of rotatable bonds is 8. The van der Waals surface area contributed by atoms with Gasteiger partial charge >= 0.3 is 0 Å². The van der Waals surface area contributed by atoms with Crippen LogP contribution in [-0.4, -0.2) is 4.98 Å². The van der Waals surface area contributed by atoms with E-state index in [4.69, 9.17) is 4.98 Å². The number of hydrogen-bond donors (Lipinski definition) is 0. The summed E-state index contributed by atoms with van der Waals surface area (Å²) < 4.78 is 0. The van der Waals surface area contributed by atoms with E-state index < -0.39 is 0 Å². The van der Waals surface area contributed by atoms with Crippen LogP contribution >= 0.6 is 0 Å². The van der Waals surface area contributed by atoms with Gasteiger partial charge in [0.25, 0.3) is 0 Å². The predicted octanol–water partition coefficient (Wildman–Crippen LogP) is 14.4. The molecular formula is C54H40IrN-. The molecule has 9 aromatic rings. The molecule has 0 amide bonds. The van der Waals surface area contributed by atoms with Gasteiger partial charge in [-0.05, 0) is 103 Å². The van der Waals surface area contributed by atoms with Gasteiger partial charge in [-0.25, -0.2) is 0 Å². The molecule has 0 aliphatic rings. The maximum absolute atomic E-state index is 5.04. The molecule has 0 aliphatic carbocycles. The second-order valence-electron chi connectivity index (χ2n) is 14.8. The fourth-order valence-corrected chi connectivity index (χ4v) is 7.62. The first kappa shape index (κ1) is 36.8. The maximum Gasteiger partial charge on any atom is 0.0595 e. The quantitative estimate of drug-likeness (QED) is 0.139. The Morgan fingerprint density at radius 1 is 0.375 bits per heavy atom. The minimum atomic E-state index is -0.0662. The zero-order valence-corrected chi connectivity index (χ0v) is 33.8. The summed E-state index contributed by atoms with van der Waals surface area (Å²) in [7, 11) is 0. The first-order chi connectivity index (χ1) is 27.0. The smallest absolute Gasteiger partial charge is 0.0595 e. The van der Waals surface area contributed by atoms with E-state index in [1.807, 2.05) is 12.1 Å². The summed E-state index contributed by atoms with van der Waals surface area (Å²) in [6, 6.07) is 77.3. The molecule has 1 aromatic heterocycles. The van der Waals surface area contributed by atoms with Crippen LogP contribution in [0.15, 0.2) is 206 Å². The molecule has 0 N–H and O–H groups in total. The Kier molecular flexibility index (Phi) is 10.4. The molecule has 0 aliphatic heterocycles. The van der Waals surface area contributed by atoms with Gasteiger partial charge in [0.1, 0.15) is 0 Å². The Hall–Kier alpha value is -6.18. The van der Waals surface area contributed by atoms with Gasteiger partial charge in [-0.3, -0.25) is 4.98 Å². The molecule has 2 heteroatoms. The van der Waals surface area contributed by atoms with E-state index in [9.17, 15) is 0 Å². The third-order valence-electron chi connectivity index (χ3n) is 10.9. The molecule has 0 unspecified atom stereocenters. The van der Waals surface area contributed by atoms with Gasteiger partial charge in [-0.2, -0.15) is 0 Å². The van der Waals surface area contributed by atoms with Crippen molar-refractivity contribution in [2.24, 2.45) is 0 Å². The molecule has 56 heavy (non-hydrogen) atoms. The topological polar surface area (TPSA) is 12.9 Å². The van der Waals surface area contributed by atoms with Crippen LogP contribution < -0.4 is 0 Å². The van der Waals surface area contributed by atoms with Crippen molar-refractivity contribution < 1.29 is 20.1 Å². The van der Waals surface area contributed by atoms with E-state index in [-0.39, 0.29) is 25.5 Å². The molecule has 0 spiro atoms. The Bertz CT molecular complexity index is 2770. The molecule has 1 radical (unpaired) electrons. The molecule has 0 saturated carbocycles. The van der Waals surface area contributed by atoms with Crippen LogP contribution in [0.3, 0.4) is 0 Å². The average molecular weight is 895 g/mol. The number of nitrogens with zero attached hydrogens (tertiary/aromatic N) is 1.